The number of hydrogen-bond donors (Lipinski definition) is 0. The van der Waals surface area contributed by atoms with Crippen molar-refractivity contribution in [2.75, 3.05) is 0 Å². The fourth-order valence-electron chi connectivity index (χ4n) is 10.9. The Balaban J connectivity index is 0.00000850. The number of nitrogens with zero attached hydrogens (tertiary/aromatic N) is 4. The van der Waals surface area contributed by atoms with Crippen LogP contribution < -0.4 is 9.30 Å². The van der Waals surface area contributed by atoms with Gasteiger partial charge in [-0.2, -0.15) is 18.2 Å². The predicted molar refractivity (Wildman–Crippen MR) is 341 cm³/mol. The van der Waals surface area contributed by atoms with E-state index in [0.29, 0.717) is 28.2 Å². The molecule has 0 saturated heterocycles. The Morgan fingerprint density at radius 3 is 1.73 bits per heavy atom. The van der Waals surface area contributed by atoms with Crippen LogP contribution >= 0.6 is 0 Å². The fraction of sp³-hybridized carbons (Fsp3) is 0.221. The van der Waals surface area contributed by atoms with Crippen LogP contribution in [0.1, 0.15) is 122 Å². The topological polar surface area (TPSA) is 35.9 Å². The molecule has 3 aromatic heterocycles. The maximum absolute atomic E-state index is 8.72. The number of hydrogen-bond acceptors (Lipinski definition) is 2. The summed E-state index contributed by atoms with van der Waals surface area (Å²) in [5.41, 5.74) is 15.2. The number of benzene rings is 9. The van der Waals surface area contributed by atoms with Gasteiger partial charge in [-0.25, -0.2) is 4.98 Å². The van der Waals surface area contributed by atoms with Gasteiger partial charge >= 0.3 is 0 Å². The molecular weight excluding hydrogens is 1190 g/mol. The van der Waals surface area contributed by atoms with Crippen LogP contribution in [0.25, 0.3) is 94.5 Å². The van der Waals surface area contributed by atoms with Crippen LogP contribution in [0.15, 0.2) is 200 Å². The summed E-state index contributed by atoms with van der Waals surface area (Å²) in [6, 6.07) is 61.2. The van der Waals surface area contributed by atoms with E-state index in [1.807, 2.05) is 59.2 Å². The zero-order valence-electron chi connectivity index (χ0n) is 57.2. The van der Waals surface area contributed by atoms with E-state index in [9.17, 15) is 0 Å². The van der Waals surface area contributed by atoms with E-state index in [2.05, 4.69) is 214 Å². The van der Waals surface area contributed by atoms with Gasteiger partial charge in [-0.1, -0.05) is 234 Å². The third-order valence-corrected chi connectivity index (χ3v) is 15.7. The number of ether oxygens (including phenoxy) is 1. The average Bonchev–Trinajstić information content (AvgIpc) is 1.66. The molecule has 0 aliphatic rings. The molecule has 0 fully saturated rings. The van der Waals surface area contributed by atoms with Crippen molar-refractivity contribution in [1.82, 2.24) is 14.1 Å². The van der Waals surface area contributed by atoms with E-state index in [0.717, 1.165) is 60.9 Å². The van der Waals surface area contributed by atoms with Gasteiger partial charge < -0.3 is 13.9 Å². The van der Waals surface area contributed by atoms with E-state index in [4.69, 9.17) is 20.7 Å². The number of aryl methyl sites for hydroxylation is 1. The first-order valence-electron chi connectivity index (χ1n) is 32.1. The van der Waals surface area contributed by atoms with Gasteiger partial charge in [-0.15, -0.1) is 29.7 Å². The molecule has 12 aromatic rings. The van der Waals surface area contributed by atoms with Crippen LogP contribution in [0.3, 0.4) is 0 Å². The zero-order chi connectivity index (χ0) is 64.3. The van der Waals surface area contributed by atoms with Gasteiger partial charge in [-0.05, 0) is 125 Å². The summed E-state index contributed by atoms with van der Waals surface area (Å²) in [5, 5.41) is 1.65. The number of para-hydroxylation sites is 2. The summed E-state index contributed by atoms with van der Waals surface area (Å²) in [5.74, 6) is 0.982. The zero-order valence-corrected chi connectivity index (χ0v) is 51.5. The minimum absolute atomic E-state index is 0. The molecular formula is C77H72N4OPt-2. The first-order chi connectivity index (χ1) is 42.3. The Kier molecular flexibility index (Phi) is 12.3. The van der Waals surface area contributed by atoms with Gasteiger partial charge in [-0.3, -0.25) is 4.57 Å². The minimum Gasteiger partial charge on any atom is -0.510 e. The second-order valence-corrected chi connectivity index (χ2v) is 25.7. The van der Waals surface area contributed by atoms with Crippen LogP contribution in [0, 0.1) is 25.3 Å². The number of aromatic nitrogens is 4. The Morgan fingerprint density at radius 2 is 1.10 bits per heavy atom. The van der Waals surface area contributed by atoms with Gasteiger partial charge in [0.05, 0.1) is 23.6 Å². The normalized spacial score (nSPS) is 13.8. The van der Waals surface area contributed by atoms with E-state index < -0.39 is 37.1 Å². The largest absolute Gasteiger partial charge is 0.510 e. The van der Waals surface area contributed by atoms with Crippen LogP contribution in [0.5, 0.6) is 11.5 Å². The van der Waals surface area contributed by atoms with Crippen LogP contribution in [0.4, 0.5) is 0 Å². The van der Waals surface area contributed by atoms with Gasteiger partial charge in [0.1, 0.15) is 5.82 Å². The molecule has 3 heterocycles. The SMILES string of the molecule is [2H]c1c([2H])c([2H])c(-c2cnc(-n3c4[c-]c(Oc5[c-]c(-n6[c-][n+](-c7c(-c8cccc(C(C)(C)C)c8)cccc7-c7cccc(C(C)(C)C)c7)c7ccc(-c8cc(C(C)(C)C)cc(C(C)(C)C)c8)cc76)ccc5)ccc4c4ccccc43)cc2C([2H])([2H])[2H])c([2H])c1[2H].[Pt]. The minimum atomic E-state index is -2.77. The number of rotatable bonds is 9. The Bertz CT molecular complexity index is 4720. The molecule has 0 N–H and O–H groups in total. The van der Waals surface area contributed by atoms with E-state index in [1.54, 1.807) is 0 Å². The van der Waals surface area contributed by atoms with Crippen LogP contribution in [-0.2, 0) is 42.7 Å². The van der Waals surface area contributed by atoms with Crippen LogP contribution in [0.2, 0.25) is 0 Å². The molecule has 0 amide bonds. The quantitative estimate of drug-likeness (QED) is 0.107. The summed E-state index contributed by atoms with van der Waals surface area (Å²) in [6.45, 7) is 24.3. The van der Waals surface area contributed by atoms with E-state index in [1.165, 1.54) is 34.5 Å². The third-order valence-electron chi connectivity index (χ3n) is 15.7. The monoisotopic (exact) mass is 1270 g/mol. The third kappa shape index (κ3) is 11.1. The second-order valence-electron chi connectivity index (χ2n) is 25.7. The molecule has 0 radical (unpaired) electrons. The van der Waals surface area contributed by atoms with Gasteiger partial charge in [0, 0.05) is 54.0 Å². The Labute approximate surface area is 516 Å². The van der Waals surface area contributed by atoms with Gasteiger partial charge in [0.25, 0.3) is 6.33 Å². The standard InChI is InChI=1S/C77H72N4O.Pt/c1-50-39-72(78-48-67(50)51-23-15-14-16-24-51)81-68-34-18-17-31-65(68)66-37-36-62(47-70(66)81)82-61-30-21-29-60(46-61)79-49-80(69-38-35-52(44-71(69)79)55-42-58(76(8,9)10)45-59(43-55)77(11,12)13)73-63(53-25-19-27-56(40-53)74(2,3)4)32-22-33-64(73)54-26-20-28-57(41-54)75(5,6)7;/h14-45,48H,1-13H3;/q-2;/i1D3,14D,15D,16D,23D,24D;. The maximum Gasteiger partial charge on any atom is 0.268 e. The Hall–Kier alpha value is -8.11. The molecule has 83 heavy (non-hydrogen) atoms. The second kappa shape index (κ2) is 21.6. The Morgan fingerprint density at radius 1 is 0.494 bits per heavy atom. The molecule has 0 atom stereocenters. The van der Waals surface area contributed by atoms with Crippen LogP contribution in [-0.4, -0.2) is 14.1 Å². The molecule has 0 bridgehead atoms. The van der Waals surface area contributed by atoms with E-state index >= 15 is 0 Å². The molecule has 0 unspecified atom stereocenters. The summed E-state index contributed by atoms with van der Waals surface area (Å²) in [7, 11) is 0. The average molecular weight is 1270 g/mol. The molecule has 9 aromatic carbocycles. The molecule has 6 heteroatoms. The van der Waals surface area contributed by atoms with Crippen molar-refractivity contribution in [3.05, 3.63) is 246 Å². The van der Waals surface area contributed by atoms with Crippen molar-refractivity contribution >= 4 is 32.8 Å². The van der Waals surface area contributed by atoms with Gasteiger partial charge in [0.2, 0.25) is 0 Å². The maximum atomic E-state index is 8.72. The van der Waals surface area contributed by atoms with Crippen molar-refractivity contribution in [3.8, 4) is 73.2 Å². The predicted octanol–water partition coefficient (Wildman–Crippen LogP) is 19.8. The summed E-state index contributed by atoms with van der Waals surface area (Å²) >= 11 is 0. The van der Waals surface area contributed by atoms with Gasteiger partial charge in [0.15, 0.2) is 0 Å². The molecule has 0 spiro atoms. The molecule has 0 aliphatic heterocycles. The molecule has 0 saturated carbocycles. The molecule has 12 rings (SSSR count). The number of imidazole rings is 1. The summed E-state index contributed by atoms with van der Waals surface area (Å²) in [6.07, 6.45) is 5.20. The molecule has 418 valence electrons. The van der Waals surface area contributed by atoms with Crippen molar-refractivity contribution in [3.63, 3.8) is 0 Å². The smallest absolute Gasteiger partial charge is 0.268 e. The van der Waals surface area contributed by atoms with Crippen molar-refractivity contribution in [1.29, 1.82) is 0 Å². The first-order valence-corrected chi connectivity index (χ1v) is 28.1. The molecule has 5 nitrogen and oxygen atoms in total. The molecule has 0 aliphatic carbocycles. The van der Waals surface area contributed by atoms with E-state index in [-0.39, 0.29) is 65.2 Å². The first kappa shape index (κ1) is 47.4. The number of pyridine rings is 1. The summed E-state index contributed by atoms with van der Waals surface area (Å²) < 4.78 is 81.3. The summed E-state index contributed by atoms with van der Waals surface area (Å²) in [4.78, 5) is 4.77. The number of fused-ring (bicyclic) bond motifs is 4. The van der Waals surface area contributed by atoms with Crippen molar-refractivity contribution < 1.29 is 41.3 Å². The van der Waals surface area contributed by atoms with Crippen molar-refractivity contribution in [2.24, 2.45) is 0 Å². The fourth-order valence-corrected chi connectivity index (χ4v) is 10.9. The van der Waals surface area contributed by atoms with Crippen molar-refractivity contribution in [2.45, 2.75) is 112 Å².